The van der Waals surface area contributed by atoms with Crippen molar-refractivity contribution in [2.24, 2.45) is 5.92 Å². The van der Waals surface area contributed by atoms with E-state index < -0.39 is 0 Å². The molecule has 1 aromatic heterocycles. The van der Waals surface area contributed by atoms with E-state index in [1.54, 1.807) is 19.5 Å². The summed E-state index contributed by atoms with van der Waals surface area (Å²) in [4.78, 5) is 8.71. The minimum atomic E-state index is 0.242. The highest BCUT2D eigenvalue weighted by atomic mass is 16.5. The highest BCUT2D eigenvalue weighted by Gasteiger charge is 2.22. The zero-order chi connectivity index (χ0) is 13.5. The van der Waals surface area contributed by atoms with Crippen LogP contribution in [0.15, 0.2) is 12.4 Å². The number of hydrogen-bond donors (Lipinski definition) is 1. The van der Waals surface area contributed by atoms with Crippen molar-refractivity contribution in [3.8, 4) is 5.88 Å². The zero-order valence-electron chi connectivity index (χ0n) is 12.1. The average molecular weight is 263 g/mol. The number of rotatable bonds is 5. The van der Waals surface area contributed by atoms with Crippen molar-refractivity contribution in [1.29, 1.82) is 0 Å². The molecular formula is C15H25N3O. The first-order valence-electron chi connectivity index (χ1n) is 7.37. The van der Waals surface area contributed by atoms with E-state index >= 15 is 0 Å². The van der Waals surface area contributed by atoms with E-state index in [0.29, 0.717) is 5.88 Å². The van der Waals surface area contributed by atoms with Gasteiger partial charge in [0.25, 0.3) is 0 Å². The molecule has 1 fully saturated rings. The van der Waals surface area contributed by atoms with E-state index in [9.17, 15) is 0 Å². The van der Waals surface area contributed by atoms with Crippen molar-refractivity contribution in [2.75, 3.05) is 14.2 Å². The average Bonchev–Trinajstić information content (AvgIpc) is 2.73. The maximum atomic E-state index is 5.33. The van der Waals surface area contributed by atoms with Gasteiger partial charge in [-0.3, -0.25) is 4.98 Å². The summed E-state index contributed by atoms with van der Waals surface area (Å²) in [5, 5.41) is 3.38. The Labute approximate surface area is 116 Å². The fraction of sp³-hybridized carbons (Fsp3) is 0.733. The van der Waals surface area contributed by atoms with Crippen molar-refractivity contribution in [3.05, 3.63) is 18.1 Å². The lowest BCUT2D eigenvalue weighted by Crippen LogP contribution is -2.22. The number of ether oxygens (including phenoxy) is 1. The highest BCUT2D eigenvalue weighted by Crippen LogP contribution is 2.32. The third-order valence-corrected chi connectivity index (χ3v) is 4.11. The van der Waals surface area contributed by atoms with Crippen LogP contribution in [0.25, 0.3) is 0 Å². The van der Waals surface area contributed by atoms with Crippen molar-refractivity contribution in [1.82, 2.24) is 15.3 Å². The Kier molecular flexibility index (Phi) is 5.58. The van der Waals surface area contributed by atoms with Gasteiger partial charge in [0.15, 0.2) is 0 Å². The summed E-state index contributed by atoms with van der Waals surface area (Å²) in [5.74, 6) is 1.45. The molecular weight excluding hydrogens is 238 g/mol. The summed E-state index contributed by atoms with van der Waals surface area (Å²) in [6.45, 7) is 0. The first-order valence-corrected chi connectivity index (χ1v) is 7.37. The molecule has 1 unspecified atom stereocenters. The van der Waals surface area contributed by atoms with Crippen LogP contribution in [0.1, 0.15) is 56.7 Å². The van der Waals surface area contributed by atoms with Crippen molar-refractivity contribution in [2.45, 2.75) is 51.0 Å². The van der Waals surface area contributed by atoms with E-state index in [2.05, 4.69) is 15.3 Å². The van der Waals surface area contributed by atoms with Crippen LogP contribution >= 0.6 is 0 Å². The van der Waals surface area contributed by atoms with Crippen LogP contribution in [-0.2, 0) is 0 Å². The molecule has 4 heteroatoms. The van der Waals surface area contributed by atoms with Gasteiger partial charge >= 0.3 is 0 Å². The number of aromatic nitrogens is 2. The number of nitrogens with one attached hydrogen (secondary N) is 1. The molecule has 1 saturated carbocycles. The fourth-order valence-electron chi connectivity index (χ4n) is 3.03. The maximum Gasteiger partial charge on any atom is 0.236 e. The van der Waals surface area contributed by atoms with E-state index in [1.807, 2.05) is 7.05 Å². The summed E-state index contributed by atoms with van der Waals surface area (Å²) >= 11 is 0. The molecule has 0 aliphatic heterocycles. The van der Waals surface area contributed by atoms with Crippen LogP contribution in [0, 0.1) is 5.92 Å². The molecule has 0 spiro atoms. The Morgan fingerprint density at radius 1 is 1.21 bits per heavy atom. The summed E-state index contributed by atoms with van der Waals surface area (Å²) in [6, 6.07) is 0.242. The van der Waals surface area contributed by atoms with Gasteiger partial charge in [0, 0.05) is 12.4 Å². The Bertz CT molecular complexity index is 375. The molecule has 2 rings (SSSR count). The lowest BCUT2D eigenvalue weighted by molar-refractivity contribution is 0.341. The second-order valence-corrected chi connectivity index (χ2v) is 5.39. The van der Waals surface area contributed by atoms with E-state index in [-0.39, 0.29) is 6.04 Å². The molecule has 0 bridgehead atoms. The second-order valence-electron chi connectivity index (χ2n) is 5.39. The number of methoxy groups -OCH3 is 1. The van der Waals surface area contributed by atoms with Gasteiger partial charge in [-0.15, -0.1) is 0 Å². The highest BCUT2D eigenvalue weighted by molar-refractivity contribution is 5.21. The lowest BCUT2D eigenvalue weighted by Gasteiger charge is -2.22. The Morgan fingerprint density at radius 3 is 2.53 bits per heavy atom. The number of hydrogen-bond acceptors (Lipinski definition) is 4. The first-order chi connectivity index (χ1) is 9.35. The van der Waals surface area contributed by atoms with Gasteiger partial charge in [-0.1, -0.05) is 38.5 Å². The molecule has 1 heterocycles. The largest absolute Gasteiger partial charge is 0.480 e. The standard InChI is InChI=1S/C15H25N3O/c1-16-13(11-12-7-5-3-4-6-8-12)14-15(19-2)18-10-9-17-14/h9-10,12-13,16H,3-8,11H2,1-2H3. The third kappa shape index (κ3) is 3.90. The van der Waals surface area contributed by atoms with Crippen LogP contribution in [0.3, 0.4) is 0 Å². The molecule has 1 atom stereocenters. The van der Waals surface area contributed by atoms with Gasteiger partial charge in [-0.05, 0) is 19.4 Å². The van der Waals surface area contributed by atoms with Crippen molar-refractivity contribution >= 4 is 0 Å². The molecule has 0 saturated heterocycles. The lowest BCUT2D eigenvalue weighted by atomic mass is 9.91. The van der Waals surface area contributed by atoms with Crippen LogP contribution in [-0.4, -0.2) is 24.1 Å². The molecule has 4 nitrogen and oxygen atoms in total. The van der Waals surface area contributed by atoms with Gasteiger partial charge in [-0.2, -0.15) is 0 Å². The topological polar surface area (TPSA) is 47.0 Å². The predicted molar refractivity (Wildman–Crippen MR) is 76.2 cm³/mol. The van der Waals surface area contributed by atoms with Gasteiger partial charge < -0.3 is 10.1 Å². The Balaban J connectivity index is 2.06. The molecule has 1 N–H and O–H groups in total. The predicted octanol–water partition coefficient (Wildman–Crippen LogP) is 3.11. The smallest absolute Gasteiger partial charge is 0.236 e. The zero-order valence-corrected chi connectivity index (χ0v) is 12.1. The summed E-state index contributed by atoms with van der Waals surface area (Å²) in [7, 11) is 3.65. The SMILES string of the molecule is CNC(CC1CCCCCC1)c1nccnc1OC. The fourth-order valence-corrected chi connectivity index (χ4v) is 3.03. The van der Waals surface area contributed by atoms with E-state index in [0.717, 1.165) is 18.0 Å². The maximum absolute atomic E-state index is 5.33. The summed E-state index contributed by atoms with van der Waals surface area (Å²) in [5.41, 5.74) is 0.941. The molecule has 0 radical (unpaired) electrons. The summed E-state index contributed by atoms with van der Waals surface area (Å²) in [6.07, 6.45) is 12.8. The molecule has 1 aliphatic rings. The molecule has 1 aliphatic carbocycles. The third-order valence-electron chi connectivity index (χ3n) is 4.11. The quantitative estimate of drug-likeness (QED) is 0.829. The van der Waals surface area contributed by atoms with Crippen LogP contribution in [0.5, 0.6) is 5.88 Å². The number of nitrogens with zero attached hydrogens (tertiary/aromatic N) is 2. The molecule has 19 heavy (non-hydrogen) atoms. The molecule has 106 valence electrons. The first kappa shape index (κ1) is 14.3. The van der Waals surface area contributed by atoms with Gasteiger partial charge in [0.2, 0.25) is 5.88 Å². The van der Waals surface area contributed by atoms with Gasteiger partial charge in [0.1, 0.15) is 5.69 Å². The van der Waals surface area contributed by atoms with E-state index in [4.69, 9.17) is 4.74 Å². The van der Waals surface area contributed by atoms with Crippen LogP contribution in [0.2, 0.25) is 0 Å². The van der Waals surface area contributed by atoms with Crippen molar-refractivity contribution in [3.63, 3.8) is 0 Å². The van der Waals surface area contributed by atoms with Crippen molar-refractivity contribution < 1.29 is 4.74 Å². The monoisotopic (exact) mass is 263 g/mol. The van der Waals surface area contributed by atoms with E-state index in [1.165, 1.54) is 38.5 Å². The van der Waals surface area contributed by atoms with Gasteiger partial charge in [-0.25, -0.2) is 4.98 Å². The molecule has 0 aromatic carbocycles. The minimum Gasteiger partial charge on any atom is -0.480 e. The van der Waals surface area contributed by atoms with Gasteiger partial charge in [0.05, 0.1) is 13.2 Å². The van der Waals surface area contributed by atoms with Crippen LogP contribution < -0.4 is 10.1 Å². The Morgan fingerprint density at radius 2 is 1.89 bits per heavy atom. The summed E-state index contributed by atoms with van der Waals surface area (Å²) < 4.78 is 5.33. The second kappa shape index (κ2) is 7.43. The molecule has 1 aromatic rings. The van der Waals surface area contributed by atoms with Crippen LogP contribution in [0.4, 0.5) is 0 Å². The normalized spacial score (nSPS) is 18.8. The Hall–Kier alpha value is -1.16. The molecule has 0 amide bonds. The minimum absolute atomic E-state index is 0.242.